The summed E-state index contributed by atoms with van der Waals surface area (Å²) in [5.74, 6) is 0. The molecular formula is C12H10Cl2N2S. The van der Waals surface area contributed by atoms with E-state index in [1.54, 1.807) is 24.5 Å². The quantitative estimate of drug-likeness (QED) is 0.926. The van der Waals surface area contributed by atoms with Crippen LogP contribution in [-0.2, 0) is 6.54 Å². The molecule has 2 N–H and O–H groups in total. The second kappa shape index (κ2) is 5.74. The van der Waals surface area contributed by atoms with Gasteiger partial charge in [0.05, 0.1) is 5.02 Å². The van der Waals surface area contributed by atoms with E-state index in [4.69, 9.17) is 28.9 Å². The van der Waals surface area contributed by atoms with E-state index in [0.29, 0.717) is 16.6 Å². The van der Waals surface area contributed by atoms with Crippen LogP contribution in [0, 0.1) is 0 Å². The van der Waals surface area contributed by atoms with Gasteiger partial charge in [0.2, 0.25) is 0 Å². The minimum absolute atomic E-state index is 0.475. The first-order valence-corrected chi connectivity index (χ1v) is 6.54. The second-order valence-corrected chi connectivity index (χ2v) is 5.29. The van der Waals surface area contributed by atoms with Crippen molar-refractivity contribution in [2.24, 2.45) is 5.73 Å². The zero-order valence-electron chi connectivity index (χ0n) is 8.86. The average Bonchev–Trinajstić information content (AvgIpc) is 2.34. The molecule has 0 radical (unpaired) electrons. The molecule has 0 atom stereocenters. The Morgan fingerprint density at radius 3 is 2.76 bits per heavy atom. The van der Waals surface area contributed by atoms with Crippen molar-refractivity contribution in [3.05, 3.63) is 52.3 Å². The van der Waals surface area contributed by atoms with Crippen LogP contribution in [0.3, 0.4) is 0 Å². The van der Waals surface area contributed by atoms with Gasteiger partial charge in [-0.15, -0.1) is 0 Å². The largest absolute Gasteiger partial charge is 0.326 e. The minimum Gasteiger partial charge on any atom is -0.326 e. The molecule has 0 unspecified atom stereocenters. The highest BCUT2D eigenvalue weighted by Crippen LogP contribution is 2.36. The van der Waals surface area contributed by atoms with Crippen molar-refractivity contribution < 1.29 is 0 Å². The Bertz CT molecular complexity index is 532. The molecule has 1 heterocycles. The van der Waals surface area contributed by atoms with Gasteiger partial charge in [-0.2, -0.15) is 0 Å². The first-order chi connectivity index (χ1) is 8.20. The van der Waals surface area contributed by atoms with Crippen molar-refractivity contribution >= 4 is 35.0 Å². The maximum atomic E-state index is 6.11. The summed E-state index contributed by atoms with van der Waals surface area (Å²) in [5, 5.41) is 1.33. The molecule has 0 aliphatic heterocycles. The van der Waals surface area contributed by atoms with E-state index in [-0.39, 0.29) is 0 Å². The van der Waals surface area contributed by atoms with Crippen molar-refractivity contribution in [2.75, 3.05) is 0 Å². The van der Waals surface area contributed by atoms with Crippen molar-refractivity contribution in [3.63, 3.8) is 0 Å². The van der Waals surface area contributed by atoms with Crippen LogP contribution in [0.4, 0.5) is 0 Å². The molecule has 0 saturated carbocycles. The van der Waals surface area contributed by atoms with Crippen LogP contribution in [0.15, 0.2) is 46.5 Å². The number of nitrogens with two attached hydrogens (primary N) is 1. The lowest BCUT2D eigenvalue weighted by Crippen LogP contribution is -1.98. The molecule has 0 bridgehead atoms. The van der Waals surface area contributed by atoms with Crippen molar-refractivity contribution in [2.45, 2.75) is 16.3 Å². The van der Waals surface area contributed by atoms with Gasteiger partial charge in [-0.3, -0.25) is 4.98 Å². The van der Waals surface area contributed by atoms with E-state index in [1.807, 2.05) is 12.1 Å². The highest BCUT2D eigenvalue weighted by molar-refractivity contribution is 7.99. The highest BCUT2D eigenvalue weighted by Gasteiger charge is 2.07. The van der Waals surface area contributed by atoms with Gasteiger partial charge < -0.3 is 5.73 Å². The summed E-state index contributed by atoms with van der Waals surface area (Å²) in [4.78, 5) is 5.99. The second-order valence-electron chi connectivity index (χ2n) is 3.36. The number of rotatable bonds is 3. The number of hydrogen-bond acceptors (Lipinski definition) is 3. The summed E-state index contributed by atoms with van der Waals surface area (Å²) in [6, 6.07) is 7.29. The monoisotopic (exact) mass is 284 g/mol. The fourth-order valence-corrected chi connectivity index (χ4v) is 2.80. The van der Waals surface area contributed by atoms with E-state index < -0.39 is 0 Å². The molecule has 17 heavy (non-hydrogen) atoms. The molecular weight excluding hydrogens is 275 g/mol. The van der Waals surface area contributed by atoms with Gasteiger partial charge >= 0.3 is 0 Å². The van der Waals surface area contributed by atoms with Gasteiger partial charge in [0.25, 0.3) is 0 Å². The van der Waals surface area contributed by atoms with E-state index >= 15 is 0 Å². The SMILES string of the molecule is NCc1ccncc1Sc1cc(Cl)ccc1Cl. The number of hydrogen-bond donors (Lipinski definition) is 1. The third-order valence-corrected chi connectivity index (χ3v) is 4.03. The van der Waals surface area contributed by atoms with Gasteiger partial charge in [0.15, 0.2) is 0 Å². The van der Waals surface area contributed by atoms with Crippen LogP contribution < -0.4 is 5.73 Å². The van der Waals surface area contributed by atoms with Gasteiger partial charge in [0, 0.05) is 33.8 Å². The highest BCUT2D eigenvalue weighted by atomic mass is 35.5. The summed E-state index contributed by atoms with van der Waals surface area (Å²) in [5.41, 5.74) is 6.71. The summed E-state index contributed by atoms with van der Waals surface area (Å²) in [7, 11) is 0. The Balaban J connectivity index is 2.34. The molecule has 0 fully saturated rings. The molecule has 0 aliphatic rings. The summed E-state index contributed by atoms with van der Waals surface area (Å²) in [6.45, 7) is 0.475. The Morgan fingerprint density at radius 1 is 1.18 bits per heavy atom. The Morgan fingerprint density at radius 2 is 2.00 bits per heavy atom. The van der Waals surface area contributed by atoms with E-state index in [0.717, 1.165) is 15.4 Å². The van der Waals surface area contributed by atoms with Gasteiger partial charge in [0.1, 0.15) is 0 Å². The fraction of sp³-hybridized carbons (Fsp3) is 0.0833. The van der Waals surface area contributed by atoms with Crippen LogP contribution in [-0.4, -0.2) is 4.98 Å². The van der Waals surface area contributed by atoms with E-state index in [2.05, 4.69) is 4.98 Å². The Labute approximate surface area is 114 Å². The Hall–Kier alpha value is -0.740. The molecule has 0 aliphatic carbocycles. The lowest BCUT2D eigenvalue weighted by atomic mass is 10.3. The first kappa shape index (κ1) is 12.7. The molecule has 1 aromatic carbocycles. The molecule has 2 rings (SSSR count). The summed E-state index contributed by atoms with van der Waals surface area (Å²) >= 11 is 13.6. The smallest absolute Gasteiger partial charge is 0.0546 e. The number of benzene rings is 1. The van der Waals surface area contributed by atoms with Crippen LogP contribution in [0.1, 0.15) is 5.56 Å². The summed E-state index contributed by atoms with van der Waals surface area (Å²) < 4.78 is 0. The third-order valence-electron chi connectivity index (χ3n) is 2.20. The number of halogens is 2. The predicted octanol–water partition coefficient (Wildman–Crippen LogP) is 4.00. The van der Waals surface area contributed by atoms with Crippen molar-refractivity contribution in [1.29, 1.82) is 0 Å². The first-order valence-electron chi connectivity index (χ1n) is 4.96. The van der Waals surface area contributed by atoms with Crippen molar-refractivity contribution in [3.8, 4) is 0 Å². The maximum absolute atomic E-state index is 6.11. The molecule has 2 nitrogen and oxygen atoms in total. The normalized spacial score (nSPS) is 10.5. The molecule has 5 heteroatoms. The average molecular weight is 285 g/mol. The van der Waals surface area contributed by atoms with Gasteiger partial charge in [-0.1, -0.05) is 35.0 Å². The van der Waals surface area contributed by atoms with E-state index in [1.165, 1.54) is 11.8 Å². The fourth-order valence-electron chi connectivity index (χ4n) is 1.34. The molecule has 0 saturated heterocycles. The van der Waals surface area contributed by atoms with Crippen LogP contribution in [0.5, 0.6) is 0 Å². The Kier molecular flexibility index (Phi) is 4.29. The van der Waals surface area contributed by atoms with Gasteiger partial charge in [-0.05, 0) is 29.8 Å². The van der Waals surface area contributed by atoms with E-state index in [9.17, 15) is 0 Å². The van der Waals surface area contributed by atoms with Crippen LogP contribution >= 0.6 is 35.0 Å². The minimum atomic E-state index is 0.475. The lowest BCUT2D eigenvalue weighted by Gasteiger charge is -2.08. The maximum Gasteiger partial charge on any atom is 0.0546 e. The molecule has 0 spiro atoms. The molecule has 1 aromatic heterocycles. The molecule has 88 valence electrons. The predicted molar refractivity (Wildman–Crippen MR) is 72.7 cm³/mol. The zero-order valence-corrected chi connectivity index (χ0v) is 11.2. The molecule has 0 amide bonds. The summed E-state index contributed by atoms with van der Waals surface area (Å²) in [6.07, 6.45) is 3.51. The lowest BCUT2D eigenvalue weighted by molar-refractivity contribution is 1.00. The van der Waals surface area contributed by atoms with Crippen LogP contribution in [0.2, 0.25) is 10.0 Å². The number of pyridine rings is 1. The number of nitrogens with zero attached hydrogens (tertiary/aromatic N) is 1. The standard InChI is InChI=1S/C12H10Cl2N2S/c13-9-1-2-10(14)11(5-9)17-12-7-16-4-3-8(12)6-15/h1-5,7H,6,15H2. The van der Waals surface area contributed by atoms with Crippen LogP contribution in [0.25, 0.3) is 0 Å². The topological polar surface area (TPSA) is 38.9 Å². The molecule has 2 aromatic rings. The zero-order chi connectivity index (χ0) is 12.3. The number of aromatic nitrogens is 1. The third kappa shape index (κ3) is 3.13. The van der Waals surface area contributed by atoms with Gasteiger partial charge in [-0.25, -0.2) is 0 Å². The van der Waals surface area contributed by atoms with Crippen molar-refractivity contribution in [1.82, 2.24) is 4.98 Å².